The normalized spacial score (nSPS) is 16.7. The number of carbonyl (C=O) groups excluding carboxylic acids is 1. The number of unbranched alkanes of at least 4 members (excludes halogenated alkanes) is 4. The van der Waals surface area contributed by atoms with Crippen molar-refractivity contribution >= 4 is 5.97 Å². The maximum Gasteiger partial charge on any atom is 0.305 e. The number of morpholine rings is 1. The lowest BCUT2D eigenvalue weighted by Crippen LogP contribution is -2.38. The molecule has 0 spiro atoms. The van der Waals surface area contributed by atoms with E-state index in [4.69, 9.17) is 9.47 Å². The van der Waals surface area contributed by atoms with Gasteiger partial charge in [0.15, 0.2) is 0 Å². The molecule has 1 aliphatic rings. The van der Waals surface area contributed by atoms with E-state index in [1.165, 1.54) is 19.3 Å². The van der Waals surface area contributed by atoms with E-state index in [1.54, 1.807) is 0 Å². The molecule has 0 radical (unpaired) electrons. The van der Waals surface area contributed by atoms with Crippen LogP contribution in [0.5, 0.6) is 0 Å². The minimum Gasteiger partial charge on any atom is -0.464 e. The first-order chi connectivity index (χ1) is 8.83. The van der Waals surface area contributed by atoms with Gasteiger partial charge in [0.05, 0.1) is 13.2 Å². The van der Waals surface area contributed by atoms with E-state index in [-0.39, 0.29) is 5.97 Å². The largest absolute Gasteiger partial charge is 0.464 e. The highest BCUT2D eigenvalue weighted by Gasteiger charge is 2.10. The van der Waals surface area contributed by atoms with Gasteiger partial charge in [-0.15, -0.1) is 0 Å². The van der Waals surface area contributed by atoms with E-state index >= 15 is 0 Å². The Hall–Kier alpha value is -0.610. The number of rotatable bonds is 9. The predicted octanol–water partition coefficient (Wildman–Crippen LogP) is 2.22. The van der Waals surface area contributed by atoms with Crippen LogP contribution in [-0.2, 0) is 14.3 Å². The van der Waals surface area contributed by atoms with E-state index in [0.29, 0.717) is 13.0 Å². The van der Waals surface area contributed by atoms with Gasteiger partial charge in [0.2, 0.25) is 0 Å². The molecular formula is C14H27NO3. The summed E-state index contributed by atoms with van der Waals surface area (Å²) in [4.78, 5) is 13.7. The summed E-state index contributed by atoms with van der Waals surface area (Å²) in [6.07, 6.45) is 6.43. The number of carbonyl (C=O) groups is 1. The number of ether oxygens (including phenoxy) is 2. The van der Waals surface area contributed by atoms with Gasteiger partial charge in [0, 0.05) is 26.1 Å². The first-order valence-corrected chi connectivity index (χ1v) is 7.28. The lowest BCUT2D eigenvalue weighted by molar-refractivity contribution is -0.144. The van der Waals surface area contributed by atoms with Crippen molar-refractivity contribution in [2.45, 2.75) is 45.4 Å². The SMILES string of the molecule is CCCCCCCC(=O)OCCN1CCOCC1. The van der Waals surface area contributed by atoms with Gasteiger partial charge >= 0.3 is 5.97 Å². The molecule has 0 saturated carbocycles. The van der Waals surface area contributed by atoms with Crippen molar-refractivity contribution in [1.29, 1.82) is 0 Å². The molecule has 0 aromatic rings. The van der Waals surface area contributed by atoms with Crippen LogP contribution in [0.1, 0.15) is 45.4 Å². The summed E-state index contributed by atoms with van der Waals surface area (Å²) in [5, 5.41) is 0. The Kier molecular flexibility index (Phi) is 8.86. The molecule has 1 heterocycles. The Morgan fingerprint density at radius 2 is 1.89 bits per heavy atom. The zero-order valence-corrected chi connectivity index (χ0v) is 11.7. The molecular weight excluding hydrogens is 230 g/mol. The molecule has 1 aliphatic heterocycles. The molecule has 0 unspecified atom stereocenters. The average Bonchev–Trinajstić information content (AvgIpc) is 2.40. The molecule has 1 fully saturated rings. The van der Waals surface area contributed by atoms with Gasteiger partial charge in [-0.3, -0.25) is 9.69 Å². The van der Waals surface area contributed by atoms with Crippen molar-refractivity contribution in [3.05, 3.63) is 0 Å². The van der Waals surface area contributed by atoms with Crippen LogP contribution in [0.2, 0.25) is 0 Å². The number of hydrogen-bond acceptors (Lipinski definition) is 4. The third kappa shape index (κ3) is 7.67. The maximum atomic E-state index is 11.5. The van der Waals surface area contributed by atoms with Crippen LogP contribution in [-0.4, -0.2) is 50.3 Å². The molecule has 0 bridgehead atoms. The monoisotopic (exact) mass is 257 g/mol. The van der Waals surface area contributed by atoms with Crippen LogP contribution >= 0.6 is 0 Å². The van der Waals surface area contributed by atoms with Gasteiger partial charge in [-0.1, -0.05) is 32.6 Å². The molecule has 4 heteroatoms. The standard InChI is InChI=1S/C14H27NO3/c1-2-3-4-5-6-7-14(16)18-13-10-15-8-11-17-12-9-15/h2-13H2,1H3. The molecule has 4 nitrogen and oxygen atoms in total. The first kappa shape index (κ1) is 15.4. The number of esters is 1. The van der Waals surface area contributed by atoms with E-state index in [1.807, 2.05) is 0 Å². The predicted molar refractivity (Wildman–Crippen MR) is 71.6 cm³/mol. The van der Waals surface area contributed by atoms with Crippen molar-refractivity contribution < 1.29 is 14.3 Å². The summed E-state index contributed by atoms with van der Waals surface area (Å²) in [6.45, 7) is 7.05. The van der Waals surface area contributed by atoms with Crippen LogP contribution in [0, 0.1) is 0 Å². The van der Waals surface area contributed by atoms with Crippen molar-refractivity contribution in [3.8, 4) is 0 Å². The minimum absolute atomic E-state index is 0.0419. The summed E-state index contributed by atoms with van der Waals surface area (Å²) in [6, 6.07) is 0. The molecule has 106 valence electrons. The number of nitrogens with zero attached hydrogens (tertiary/aromatic N) is 1. The Balaban J connectivity index is 1.89. The van der Waals surface area contributed by atoms with Crippen LogP contribution in [0.15, 0.2) is 0 Å². The highest BCUT2D eigenvalue weighted by atomic mass is 16.5. The third-order valence-electron chi connectivity index (χ3n) is 3.26. The lowest BCUT2D eigenvalue weighted by Gasteiger charge is -2.26. The Bertz CT molecular complexity index is 215. The number of hydrogen-bond donors (Lipinski definition) is 0. The average molecular weight is 257 g/mol. The zero-order valence-electron chi connectivity index (χ0n) is 11.7. The van der Waals surface area contributed by atoms with Gasteiger partial charge in [0.1, 0.15) is 6.61 Å². The summed E-state index contributed by atoms with van der Waals surface area (Å²) >= 11 is 0. The van der Waals surface area contributed by atoms with E-state index in [9.17, 15) is 4.79 Å². The van der Waals surface area contributed by atoms with Crippen molar-refractivity contribution in [1.82, 2.24) is 4.90 Å². The molecule has 1 saturated heterocycles. The van der Waals surface area contributed by atoms with Crippen LogP contribution in [0.3, 0.4) is 0 Å². The maximum absolute atomic E-state index is 11.5. The Morgan fingerprint density at radius 1 is 1.17 bits per heavy atom. The van der Waals surface area contributed by atoms with Gasteiger partial charge in [-0.25, -0.2) is 0 Å². The molecule has 18 heavy (non-hydrogen) atoms. The summed E-state index contributed by atoms with van der Waals surface area (Å²) < 4.78 is 10.5. The van der Waals surface area contributed by atoms with Crippen LogP contribution in [0.4, 0.5) is 0 Å². The lowest BCUT2D eigenvalue weighted by atomic mass is 10.1. The van der Waals surface area contributed by atoms with Crippen LogP contribution in [0.25, 0.3) is 0 Å². The Labute approximate surface area is 111 Å². The molecule has 0 aliphatic carbocycles. The first-order valence-electron chi connectivity index (χ1n) is 7.28. The summed E-state index contributed by atoms with van der Waals surface area (Å²) in [7, 11) is 0. The molecule has 0 aromatic heterocycles. The Morgan fingerprint density at radius 3 is 2.61 bits per heavy atom. The fourth-order valence-corrected chi connectivity index (χ4v) is 2.06. The van der Waals surface area contributed by atoms with E-state index < -0.39 is 0 Å². The summed E-state index contributed by atoms with van der Waals surface area (Å²) in [5.41, 5.74) is 0. The van der Waals surface area contributed by atoms with Crippen molar-refractivity contribution in [3.63, 3.8) is 0 Å². The van der Waals surface area contributed by atoms with Gasteiger partial charge in [0.25, 0.3) is 0 Å². The molecule has 0 amide bonds. The van der Waals surface area contributed by atoms with Gasteiger partial charge < -0.3 is 9.47 Å². The van der Waals surface area contributed by atoms with E-state index in [0.717, 1.165) is 45.7 Å². The minimum atomic E-state index is -0.0419. The van der Waals surface area contributed by atoms with Gasteiger partial charge in [-0.2, -0.15) is 0 Å². The fourth-order valence-electron chi connectivity index (χ4n) is 2.06. The zero-order chi connectivity index (χ0) is 13.1. The molecule has 0 N–H and O–H groups in total. The fraction of sp³-hybridized carbons (Fsp3) is 0.929. The van der Waals surface area contributed by atoms with Crippen LogP contribution < -0.4 is 0 Å². The quantitative estimate of drug-likeness (QED) is 0.469. The second kappa shape index (κ2) is 10.3. The smallest absolute Gasteiger partial charge is 0.305 e. The van der Waals surface area contributed by atoms with Crippen molar-refractivity contribution in [2.75, 3.05) is 39.5 Å². The highest BCUT2D eigenvalue weighted by Crippen LogP contribution is 2.05. The second-order valence-electron chi connectivity index (χ2n) is 4.84. The summed E-state index contributed by atoms with van der Waals surface area (Å²) in [5.74, 6) is -0.0419. The second-order valence-corrected chi connectivity index (χ2v) is 4.84. The third-order valence-corrected chi connectivity index (χ3v) is 3.26. The van der Waals surface area contributed by atoms with Gasteiger partial charge in [-0.05, 0) is 6.42 Å². The topological polar surface area (TPSA) is 38.8 Å². The molecule has 1 rings (SSSR count). The van der Waals surface area contributed by atoms with E-state index in [2.05, 4.69) is 11.8 Å². The van der Waals surface area contributed by atoms with Crippen molar-refractivity contribution in [2.24, 2.45) is 0 Å². The highest BCUT2D eigenvalue weighted by molar-refractivity contribution is 5.69. The molecule has 0 aromatic carbocycles. The molecule has 0 atom stereocenters.